The molecule has 0 atom stereocenters. The Hall–Kier alpha value is -3.00. The highest BCUT2D eigenvalue weighted by molar-refractivity contribution is 7.14. The SMILES string of the molecule is COc1c(Cl)ccc(-c2scc(NC(=O)c3cc4ccccc4o3)c2C(=O)O)c1Cl. The van der Waals surface area contributed by atoms with Gasteiger partial charge in [-0.2, -0.15) is 0 Å². The lowest BCUT2D eigenvalue weighted by molar-refractivity contribution is 0.0699. The number of carboxylic acid groups (broad SMARTS) is 1. The first-order valence-corrected chi connectivity index (χ1v) is 10.2. The van der Waals surface area contributed by atoms with E-state index in [1.165, 1.54) is 12.5 Å². The van der Waals surface area contributed by atoms with Gasteiger partial charge in [-0.05, 0) is 18.2 Å². The molecule has 0 fully saturated rings. The van der Waals surface area contributed by atoms with Crippen molar-refractivity contribution in [1.82, 2.24) is 0 Å². The van der Waals surface area contributed by atoms with Crippen LogP contribution in [0.2, 0.25) is 10.0 Å². The second-order valence-corrected chi connectivity index (χ2v) is 7.87. The Morgan fingerprint density at radius 3 is 2.63 bits per heavy atom. The Balaban J connectivity index is 1.73. The molecule has 2 N–H and O–H groups in total. The number of amides is 1. The number of nitrogens with one attached hydrogen (secondary N) is 1. The third-order valence-electron chi connectivity index (χ3n) is 4.40. The Morgan fingerprint density at radius 1 is 1.17 bits per heavy atom. The molecule has 0 spiro atoms. The van der Waals surface area contributed by atoms with Crippen molar-refractivity contribution in [3.63, 3.8) is 0 Å². The number of methoxy groups -OCH3 is 1. The zero-order chi connectivity index (χ0) is 21.4. The number of carbonyl (C=O) groups excluding carboxylic acids is 1. The molecular weight excluding hydrogens is 449 g/mol. The van der Waals surface area contributed by atoms with E-state index in [1.807, 2.05) is 12.1 Å². The molecule has 0 aliphatic carbocycles. The van der Waals surface area contributed by atoms with Gasteiger partial charge in [-0.25, -0.2) is 4.79 Å². The average Bonchev–Trinajstić information content (AvgIpc) is 3.32. The highest BCUT2D eigenvalue weighted by Crippen LogP contribution is 2.45. The molecule has 0 saturated heterocycles. The molecule has 1 amide bonds. The van der Waals surface area contributed by atoms with Gasteiger partial charge in [-0.15, -0.1) is 11.3 Å². The first kappa shape index (κ1) is 20.3. The molecule has 0 bridgehead atoms. The number of rotatable bonds is 5. The molecule has 0 aliphatic rings. The fourth-order valence-corrected chi connectivity index (χ4v) is 4.73. The van der Waals surface area contributed by atoms with Gasteiger partial charge in [0, 0.05) is 16.3 Å². The summed E-state index contributed by atoms with van der Waals surface area (Å²) in [4.78, 5) is 25.0. The summed E-state index contributed by atoms with van der Waals surface area (Å²) in [5.41, 5.74) is 1.05. The van der Waals surface area contributed by atoms with Gasteiger partial charge >= 0.3 is 5.97 Å². The van der Waals surface area contributed by atoms with Gasteiger partial charge in [-0.3, -0.25) is 4.79 Å². The maximum absolute atomic E-state index is 12.7. The number of fused-ring (bicyclic) bond motifs is 1. The molecule has 2 aromatic carbocycles. The molecule has 0 aliphatic heterocycles. The van der Waals surface area contributed by atoms with E-state index in [9.17, 15) is 14.7 Å². The topological polar surface area (TPSA) is 88.8 Å². The summed E-state index contributed by atoms with van der Waals surface area (Å²) in [5, 5.41) is 15.2. The number of carbonyl (C=O) groups is 2. The quantitative estimate of drug-likeness (QED) is 0.357. The number of thiophene rings is 1. The number of carboxylic acids is 1. The number of ether oxygens (including phenoxy) is 1. The molecule has 152 valence electrons. The van der Waals surface area contributed by atoms with Crippen molar-refractivity contribution in [2.75, 3.05) is 12.4 Å². The molecule has 2 aromatic heterocycles. The van der Waals surface area contributed by atoms with E-state index in [0.29, 0.717) is 21.0 Å². The zero-order valence-corrected chi connectivity index (χ0v) is 17.7. The van der Waals surface area contributed by atoms with Crippen molar-refractivity contribution in [3.05, 3.63) is 69.2 Å². The van der Waals surface area contributed by atoms with E-state index < -0.39 is 11.9 Å². The largest absolute Gasteiger partial charge is 0.494 e. The number of aromatic carboxylic acids is 1. The highest BCUT2D eigenvalue weighted by Gasteiger charge is 2.25. The second-order valence-electron chi connectivity index (χ2n) is 6.20. The smallest absolute Gasteiger partial charge is 0.339 e. The van der Waals surface area contributed by atoms with E-state index in [1.54, 1.807) is 30.3 Å². The van der Waals surface area contributed by atoms with Crippen LogP contribution in [0.1, 0.15) is 20.9 Å². The minimum atomic E-state index is -1.21. The van der Waals surface area contributed by atoms with Gasteiger partial charge in [0.25, 0.3) is 5.91 Å². The van der Waals surface area contributed by atoms with Gasteiger partial charge in [0.15, 0.2) is 11.5 Å². The Bertz CT molecular complexity index is 1260. The summed E-state index contributed by atoms with van der Waals surface area (Å²) >= 11 is 13.6. The van der Waals surface area contributed by atoms with Gasteiger partial charge < -0.3 is 19.6 Å². The predicted octanol–water partition coefficient (Wildman–Crippen LogP) is 6.43. The summed E-state index contributed by atoms with van der Waals surface area (Å²) in [7, 11) is 1.42. The number of hydrogen-bond acceptors (Lipinski definition) is 5. The lowest BCUT2D eigenvalue weighted by Crippen LogP contribution is -2.13. The molecule has 4 rings (SSSR count). The third-order valence-corrected chi connectivity index (χ3v) is 6.09. The van der Waals surface area contributed by atoms with Crippen LogP contribution in [0.15, 0.2) is 52.3 Å². The summed E-state index contributed by atoms with van der Waals surface area (Å²) in [6.45, 7) is 0. The van der Waals surface area contributed by atoms with Gasteiger partial charge in [0.1, 0.15) is 11.1 Å². The van der Waals surface area contributed by atoms with Crippen molar-refractivity contribution < 1.29 is 23.8 Å². The van der Waals surface area contributed by atoms with E-state index in [0.717, 1.165) is 16.7 Å². The van der Waals surface area contributed by atoms with Gasteiger partial charge in [-0.1, -0.05) is 47.5 Å². The number of para-hydroxylation sites is 1. The van der Waals surface area contributed by atoms with E-state index >= 15 is 0 Å². The van der Waals surface area contributed by atoms with Crippen molar-refractivity contribution in [1.29, 1.82) is 0 Å². The third kappa shape index (κ3) is 3.52. The minimum Gasteiger partial charge on any atom is -0.494 e. The van der Waals surface area contributed by atoms with Crippen molar-refractivity contribution in [2.24, 2.45) is 0 Å². The van der Waals surface area contributed by atoms with Crippen LogP contribution in [0, 0.1) is 0 Å². The maximum Gasteiger partial charge on any atom is 0.339 e. The van der Waals surface area contributed by atoms with E-state index in [2.05, 4.69) is 5.32 Å². The fraction of sp³-hybridized carbons (Fsp3) is 0.0476. The fourth-order valence-electron chi connectivity index (χ4n) is 3.03. The van der Waals surface area contributed by atoms with Crippen LogP contribution < -0.4 is 10.1 Å². The van der Waals surface area contributed by atoms with Crippen LogP contribution in [-0.4, -0.2) is 24.1 Å². The molecule has 30 heavy (non-hydrogen) atoms. The van der Waals surface area contributed by atoms with Crippen LogP contribution in [-0.2, 0) is 0 Å². The number of anilines is 1. The molecule has 0 unspecified atom stereocenters. The summed E-state index contributed by atoms with van der Waals surface area (Å²) in [6.07, 6.45) is 0. The number of halogens is 2. The minimum absolute atomic E-state index is 0.0754. The van der Waals surface area contributed by atoms with Crippen molar-refractivity contribution >= 4 is 63.1 Å². The summed E-state index contributed by atoms with van der Waals surface area (Å²) < 4.78 is 10.8. The number of furan rings is 1. The molecule has 0 radical (unpaired) electrons. The normalized spacial score (nSPS) is 10.9. The van der Waals surface area contributed by atoms with E-state index in [-0.39, 0.29) is 27.8 Å². The van der Waals surface area contributed by atoms with Crippen LogP contribution in [0.5, 0.6) is 5.75 Å². The number of hydrogen-bond donors (Lipinski definition) is 2. The molecule has 6 nitrogen and oxygen atoms in total. The first-order chi connectivity index (χ1) is 14.4. The van der Waals surface area contributed by atoms with Gasteiger partial charge in [0.2, 0.25) is 0 Å². The van der Waals surface area contributed by atoms with Crippen molar-refractivity contribution in [2.45, 2.75) is 0 Å². The Labute approximate surface area is 184 Å². The van der Waals surface area contributed by atoms with Gasteiger partial charge in [0.05, 0.1) is 27.7 Å². The van der Waals surface area contributed by atoms with Crippen LogP contribution >= 0.6 is 34.5 Å². The summed E-state index contributed by atoms with van der Waals surface area (Å²) in [5.74, 6) is -1.45. The standard InChI is InChI=1S/C21H13Cl2NO5S/c1-28-18-12(22)7-6-11(17(18)23)19-16(21(26)27)13(9-30-19)24-20(25)15-8-10-4-2-3-5-14(10)29-15/h2-9H,1H3,(H,24,25)(H,26,27). The van der Waals surface area contributed by atoms with Crippen LogP contribution in [0.4, 0.5) is 5.69 Å². The molecule has 9 heteroatoms. The van der Waals surface area contributed by atoms with Crippen LogP contribution in [0.25, 0.3) is 21.4 Å². The molecular formula is C21H13Cl2NO5S. The predicted molar refractivity (Wildman–Crippen MR) is 117 cm³/mol. The molecule has 2 heterocycles. The Kier molecular flexibility index (Phi) is 5.42. The zero-order valence-electron chi connectivity index (χ0n) is 15.4. The van der Waals surface area contributed by atoms with Crippen molar-refractivity contribution in [3.8, 4) is 16.2 Å². The number of benzene rings is 2. The van der Waals surface area contributed by atoms with Crippen LogP contribution in [0.3, 0.4) is 0 Å². The molecule has 4 aromatic rings. The Morgan fingerprint density at radius 2 is 1.93 bits per heavy atom. The molecule has 0 saturated carbocycles. The van der Waals surface area contributed by atoms with E-state index in [4.69, 9.17) is 32.4 Å². The lowest BCUT2D eigenvalue weighted by atomic mass is 10.1. The average molecular weight is 462 g/mol. The first-order valence-electron chi connectivity index (χ1n) is 8.57. The summed E-state index contributed by atoms with van der Waals surface area (Å²) in [6, 6.07) is 12.0. The second kappa shape index (κ2) is 8.02. The highest BCUT2D eigenvalue weighted by atomic mass is 35.5. The monoisotopic (exact) mass is 461 g/mol. The lowest BCUT2D eigenvalue weighted by Gasteiger charge is -2.10. The maximum atomic E-state index is 12.7.